The summed E-state index contributed by atoms with van der Waals surface area (Å²) in [7, 11) is 0. The summed E-state index contributed by atoms with van der Waals surface area (Å²) in [5.74, 6) is -0.227. The van der Waals surface area contributed by atoms with E-state index in [1.807, 2.05) is 0 Å². The number of rotatable bonds is 2. The number of hydrogen-bond donors (Lipinski definition) is 1. The third-order valence-corrected chi connectivity index (χ3v) is 4.82. The van der Waals surface area contributed by atoms with Crippen LogP contribution in [0.25, 0.3) is 0 Å². The predicted molar refractivity (Wildman–Crippen MR) is 87.1 cm³/mol. The van der Waals surface area contributed by atoms with Crippen molar-refractivity contribution in [3.05, 3.63) is 34.6 Å². The van der Waals surface area contributed by atoms with Crippen molar-refractivity contribution < 1.29 is 4.39 Å². The Labute approximate surface area is 132 Å². The number of nitrogens with zero attached hydrogens (tertiary/aromatic N) is 1. The molecule has 1 atom stereocenters. The van der Waals surface area contributed by atoms with E-state index in [9.17, 15) is 4.39 Å². The van der Waals surface area contributed by atoms with Crippen molar-refractivity contribution in [2.24, 2.45) is 5.41 Å². The van der Waals surface area contributed by atoms with Crippen molar-refractivity contribution in [1.29, 1.82) is 0 Å². The largest absolute Gasteiger partial charge is 0.310 e. The summed E-state index contributed by atoms with van der Waals surface area (Å²) >= 11 is 6.23. The predicted octanol–water partition coefficient (Wildman–Crippen LogP) is 4.08. The van der Waals surface area contributed by atoms with Crippen LogP contribution in [0.4, 0.5) is 4.39 Å². The van der Waals surface area contributed by atoms with Gasteiger partial charge in [-0.25, -0.2) is 4.39 Å². The van der Waals surface area contributed by atoms with Crippen molar-refractivity contribution in [2.45, 2.75) is 52.7 Å². The molecule has 1 aromatic rings. The van der Waals surface area contributed by atoms with Gasteiger partial charge in [0.2, 0.25) is 0 Å². The van der Waals surface area contributed by atoms with Gasteiger partial charge in [0, 0.05) is 36.2 Å². The monoisotopic (exact) mass is 312 g/mol. The van der Waals surface area contributed by atoms with Gasteiger partial charge in [-0.1, -0.05) is 32.4 Å². The number of hydrogen-bond acceptors (Lipinski definition) is 2. The second-order valence-electron chi connectivity index (χ2n) is 7.73. The number of piperazine rings is 1. The summed E-state index contributed by atoms with van der Waals surface area (Å²) in [4.78, 5) is 2.40. The van der Waals surface area contributed by atoms with Gasteiger partial charge in [0.1, 0.15) is 5.82 Å². The molecule has 118 valence electrons. The fourth-order valence-electron chi connectivity index (χ4n) is 2.75. The minimum atomic E-state index is -0.227. The smallest absolute Gasteiger partial charge is 0.123 e. The van der Waals surface area contributed by atoms with Gasteiger partial charge in [0.05, 0.1) is 0 Å². The molecule has 0 spiro atoms. The molecule has 1 aliphatic rings. The van der Waals surface area contributed by atoms with Crippen LogP contribution in [0.5, 0.6) is 0 Å². The first kappa shape index (κ1) is 16.7. The third-order valence-electron chi connectivity index (χ3n) is 4.45. The van der Waals surface area contributed by atoms with Crippen molar-refractivity contribution in [3.8, 4) is 0 Å². The van der Waals surface area contributed by atoms with Gasteiger partial charge in [0.25, 0.3) is 0 Å². The first-order valence-electron chi connectivity index (χ1n) is 7.52. The Morgan fingerprint density at radius 3 is 2.67 bits per heavy atom. The lowest BCUT2D eigenvalue weighted by molar-refractivity contribution is 0.0295. The minimum absolute atomic E-state index is 0.0252. The molecule has 0 aromatic heterocycles. The molecule has 0 saturated carbocycles. The molecule has 1 heterocycles. The summed E-state index contributed by atoms with van der Waals surface area (Å²) in [6.07, 6.45) is 0. The van der Waals surface area contributed by atoms with Gasteiger partial charge in [-0.2, -0.15) is 0 Å². The molecular weight excluding hydrogens is 287 g/mol. The lowest BCUT2D eigenvalue weighted by Gasteiger charge is -2.49. The van der Waals surface area contributed by atoms with Gasteiger partial charge in [-0.15, -0.1) is 0 Å². The van der Waals surface area contributed by atoms with Crippen LogP contribution in [0, 0.1) is 11.2 Å². The zero-order valence-corrected chi connectivity index (χ0v) is 14.4. The molecule has 1 aliphatic heterocycles. The Kier molecular flexibility index (Phi) is 4.67. The molecule has 0 aliphatic carbocycles. The van der Waals surface area contributed by atoms with Crippen LogP contribution in [-0.2, 0) is 6.54 Å². The lowest BCUT2D eigenvalue weighted by atomic mass is 9.82. The molecule has 0 bridgehead atoms. The van der Waals surface area contributed by atoms with Crippen LogP contribution in [0.15, 0.2) is 18.2 Å². The van der Waals surface area contributed by atoms with Crippen LogP contribution in [-0.4, -0.2) is 29.6 Å². The van der Waals surface area contributed by atoms with Gasteiger partial charge in [-0.3, -0.25) is 4.90 Å². The average molecular weight is 313 g/mol. The maximum Gasteiger partial charge on any atom is 0.123 e. The van der Waals surface area contributed by atoms with Crippen LogP contribution in [0.1, 0.15) is 40.2 Å². The van der Waals surface area contributed by atoms with Crippen molar-refractivity contribution in [3.63, 3.8) is 0 Å². The lowest BCUT2D eigenvalue weighted by Crippen LogP contribution is -2.64. The average Bonchev–Trinajstić information content (AvgIpc) is 2.34. The molecule has 1 saturated heterocycles. The van der Waals surface area contributed by atoms with E-state index in [1.54, 1.807) is 12.1 Å². The maximum absolute atomic E-state index is 13.5. The summed E-state index contributed by atoms with van der Waals surface area (Å²) in [5, 5.41) is 4.28. The molecule has 1 fully saturated rings. The highest BCUT2D eigenvalue weighted by atomic mass is 35.5. The highest BCUT2D eigenvalue weighted by Gasteiger charge is 2.38. The van der Waals surface area contributed by atoms with E-state index in [1.165, 1.54) is 6.07 Å². The molecule has 2 rings (SSSR count). The SMILES string of the molecule is CC(C)(C)C1CN(Cc2cc(F)ccc2Cl)C(C)(C)CN1. The zero-order valence-electron chi connectivity index (χ0n) is 13.6. The van der Waals surface area contributed by atoms with Gasteiger partial charge in [-0.05, 0) is 43.0 Å². The van der Waals surface area contributed by atoms with E-state index in [2.05, 4.69) is 44.8 Å². The van der Waals surface area contributed by atoms with Gasteiger partial charge in [0.15, 0.2) is 0 Å². The first-order chi connectivity index (χ1) is 9.59. The molecule has 21 heavy (non-hydrogen) atoms. The summed E-state index contributed by atoms with van der Waals surface area (Å²) in [6, 6.07) is 5.01. The van der Waals surface area contributed by atoms with Crippen LogP contribution in [0.3, 0.4) is 0 Å². The molecule has 1 aromatic carbocycles. The molecular formula is C17H26ClFN2. The fraction of sp³-hybridized carbons (Fsp3) is 0.647. The van der Waals surface area contributed by atoms with E-state index >= 15 is 0 Å². The quantitative estimate of drug-likeness (QED) is 0.885. The number of nitrogens with one attached hydrogen (secondary N) is 1. The van der Waals surface area contributed by atoms with E-state index in [-0.39, 0.29) is 16.8 Å². The molecule has 0 radical (unpaired) electrons. The molecule has 2 nitrogen and oxygen atoms in total. The summed E-state index contributed by atoms with van der Waals surface area (Å²) < 4.78 is 13.5. The van der Waals surface area contributed by atoms with Crippen LogP contribution >= 0.6 is 11.6 Å². The van der Waals surface area contributed by atoms with Gasteiger partial charge < -0.3 is 5.32 Å². The number of benzene rings is 1. The Balaban J connectivity index is 2.20. The minimum Gasteiger partial charge on any atom is -0.310 e. The first-order valence-corrected chi connectivity index (χ1v) is 7.90. The van der Waals surface area contributed by atoms with E-state index < -0.39 is 0 Å². The standard InChI is InChI=1S/C17H26ClFN2/c1-16(2,3)15-10-21(17(4,5)11-20-15)9-12-8-13(19)6-7-14(12)18/h6-8,15,20H,9-11H2,1-5H3. The fourth-order valence-corrected chi connectivity index (χ4v) is 2.92. The third kappa shape index (κ3) is 3.97. The molecule has 1 N–H and O–H groups in total. The number of halogens is 2. The van der Waals surface area contributed by atoms with Crippen LogP contribution in [0.2, 0.25) is 5.02 Å². The normalized spacial score (nSPS) is 23.3. The van der Waals surface area contributed by atoms with E-state index in [0.717, 1.165) is 18.7 Å². The zero-order chi connectivity index (χ0) is 15.8. The van der Waals surface area contributed by atoms with Gasteiger partial charge >= 0.3 is 0 Å². The second-order valence-corrected chi connectivity index (χ2v) is 8.14. The van der Waals surface area contributed by atoms with E-state index in [0.29, 0.717) is 17.6 Å². The van der Waals surface area contributed by atoms with Crippen molar-refractivity contribution in [1.82, 2.24) is 10.2 Å². The second kappa shape index (κ2) is 5.86. The highest BCUT2D eigenvalue weighted by Crippen LogP contribution is 2.30. The van der Waals surface area contributed by atoms with Crippen LogP contribution < -0.4 is 5.32 Å². The topological polar surface area (TPSA) is 15.3 Å². The van der Waals surface area contributed by atoms with Crippen molar-refractivity contribution in [2.75, 3.05) is 13.1 Å². The molecule has 4 heteroatoms. The highest BCUT2D eigenvalue weighted by molar-refractivity contribution is 6.31. The summed E-state index contributed by atoms with van der Waals surface area (Å²) in [5.41, 5.74) is 1.08. The Bertz CT molecular complexity index is 508. The van der Waals surface area contributed by atoms with Crippen molar-refractivity contribution >= 4 is 11.6 Å². The molecule has 0 amide bonds. The van der Waals surface area contributed by atoms with E-state index in [4.69, 9.17) is 11.6 Å². The Hall–Kier alpha value is -0.640. The maximum atomic E-state index is 13.5. The molecule has 1 unspecified atom stereocenters. The Morgan fingerprint density at radius 1 is 1.38 bits per heavy atom. The summed E-state index contributed by atoms with van der Waals surface area (Å²) in [6.45, 7) is 13.7. The Morgan fingerprint density at radius 2 is 2.05 bits per heavy atom.